The van der Waals surface area contributed by atoms with Crippen molar-refractivity contribution in [2.24, 2.45) is 35.5 Å². The van der Waals surface area contributed by atoms with Crippen molar-refractivity contribution >= 4 is 0 Å². The summed E-state index contributed by atoms with van der Waals surface area (Å²) in [6.07, 6.45) is 11.5. The number of hydrogen-bond acceptors (Lipinski definition) is 0. The third-order valence-corrected chi connectivity index (χ3v) is 5.52. The Morgan fingerprint density at radius 1 is 1.33 bits per heavy atom. The summed E-state index contributed by atoms with van der Waals surface area (Å²) in [6, 6.07) is 0. The first-order chi connectivity index (χ1) is 8.54. The van der Waals surface area contributed by atoms with E-state index < -0.39 is 0 Å². The highest BCUT2D eigenvalue weighted by Gasteiger charge is 2.45. The van der Waals surface area contributed by atoms with E-state index in [2.05, 4.69) is 52.8 Å². The third-order valence-electron chi connectivity index (χ3n) is 5.52. The summed E-state index contributed by atoms with van der Waals surface area (Å²) in [5.41, 5.74) is 1.59. The van der Waals surface area contributed by atoms with E-state index in [0.29, 0.717) is 0 Å². The predicted octanol–water partition coefficient (Wildman–Crippen LogP) is 5.46. The smallest absolute Gasteiger partial charge is 0.0171 e. The van der Waals surface area contributed by atoms with Crippen molar-refractivity contribution in [3.05, 3.63) is 23.8 Å². The van der Waals surface area contributed by atoms with Gasteiger partial charge >= 0.3 is 0 Å². The van der Waals surface area contributed by atoms with Gasteiger partial charge in [-0.25, -0.2) is 0 Å². The molecule has 0 bridgehead atoms. The van der Waals surface area contributed by atoms with Crippen molar-refractivity contribution in [2.45, 2.75) is 53.9 Å². The maximum Gasteiger partial charge on any atom is -0.0171 e. The molecule has 0 aliphatic heterocycles. The van der Waals surface area contributed by atoms with Crippen molar-refractivity contribution in [3.8, 4) is 0 Å². The quantitative estimate of drug-likeness (QED) is 0.577. The van der Waals surface area contributed by atoms with E-state index in [0.717, 1.165) is 35.5 Å². The zero-order valence-corrected chi connectivity index (χ0v) is 12.8. The molecule has 0 heteroatoms. The lowest BCUT2D eigenvalue weighted by Crippen LogP contribution is -2.18. The molecule has 102 valence electrons. The van der Waals surface area contributed by atoms with Crippen LogP contribution in [0.2, 0.25) is 0 Å². The second-order valence-corrected chi connectivity index (χ2v) is 7.02. The van der Waals surface area contributed by atoms with Gasteiger partial charge in [0.05, 0.1) is 0 Å². The number of fused-ring (bicyclic) bond motifs is 1. The van der Waals surface area contributed by atoms with Gasteiger partial charge in [0.2, 0.25) is 0 Å². The van der Waals surface area contributed by atoms with Crippen LogP contribution in [0.15, 0.2) is 23.8 Å². The molecule has 0 spiro atoms. The normalized spacial score (nSPS) is 37.3. The zero-order chi connectivity index (χ0) is 13.3. The third kappa shape index (κ3) is 2.58. The minimum atomic E-state index is 0.777. The summed E-state index contributed by atoms with van der Waals surface area (Å²) >= 11 is 0. The molecule has 2 rings (SSSR count). The van der Waals surface area contributed by atoms with E-state index in [9.17, 15) is 0 Å². The first-order valence-electron chi connectivity index (χ1n) is 7.84. The van der Waals surface area contributed by atoms with Gasteiger partial charge in [0.15, 0.2) is 0 Å². The summed E-state index contributed by atoms with van der Waals surface area (Å²) in [5.74, 6) is 5.33. The summed E-state index contributed by atoms with van der Waals surface area (Å²) < 4.78 is 0. The van der Waals surface area contributed by atoms with E-state index in [-0.39, 0.29) is 0 Å². The van der Waals surface area contributed by atoms with Gasteiger partial charge in [0.25, 0.3) is 0 Å². The van der Waals surface area contributed by atoms with Gasteiger partial charge in [0, 0.05) is 0 Å². The van der Waals surface area contributed by atoms with Crippen LogP contribution in [0.4, 0.5) is 0 Å². The van der Waals surface area contributed by atoms with E-state index >= 15 is 0 Å². The van der Waals surface area contributed by atoms with Gasteiger partial charge in [-0.05, 0) is 68.6 Å². The van der Waals surface area contributed by atoms with E-state index in [4.69, 9.17) is 0 Å². The van der Waals surface area contributed by atoms with Crippen molar-refractivity contribution in [1.82, 2.24) is 0 Å². The highest BCUT2D eigenvalue weighted by atomic mass is 14.5. The van der Waals surface area contributed by atoms with Gasteiger partial charge in [-0.1, -0.05) is 44.6 Å². The lowest BCUT2D eigenvalue weighted by atomic mass is 9.79. The lowest BCUT2D eigenvalue weighted by Gasteiger charge is -2.26. The SMILES string of the molecule is C/C=C(/C)C(C)[C@H]1C[C@@H](CC(C)C)C2C=CCC21. The number of allylic oxidation sites excluding steroid dienone is 4. The lowest BCUT2D eigenvalue weighted by molar-refractivity contribution is 0.295. The number of hydrogen-bond donors (Lipinski definition) is 0. The van der Waals surface area contributed by atoms with Crippen LogP contribution in [0.25, 0.3) is 0 Å². The molecule has 0 N–H and O–H groups in total. The van der Waals surface area contributed by atoms with E-state index in [1.807, 2.05) is 0 Å². The fourth-order valence-corrected chi connectivity index (χ4v) is 4.38. The second-order valence-electron chi connectivity index (χ2n) is 7.02. The Bertz CT molecular complexity index is 334. The fourth-order valence-electron chi connectivity index (χ4n) is 4.38. The van der Waals surface area contributed by atoms with Gasteiger partial charge in [0.1, 0.15) is 0 Å². The van der Waals surface area contributed by atoms with Gasteiger partial charge < -0.3 is 0 Å². The monoisotopic (exact) mass is 246 g/mol. The molecule has 1 saturated carbocycles. The van der Waals surface area contributed by atoms with E-state index in [1.165, 1.54) is 19.3 Å². The summed E-state index contributed by atoms with van der Waals surface area (Å²) in [5, 5.41) is 0. The zero-order valence-electron chi connectivity index (χ0n) is 12.8. The Morgan fingerprint density at radius 3 is 2.67 bits per heavy atom. The average Bonchev–Trinajstić information content (AvgIpc) is 2.90. The van der Waals surface area contributed by atoms with Crippen LogP contribution in [-0.4, -0.2) is 0 Å². The maximum atomic E-state index is 2.54. The van der Waals surface area contributed by atoms with Crippen molar-refractivity contribution in [2.75, 3.05) is 0 Å². The second kappa shape index (κ2) is 5.63. The summed E-state index contributed by atoms with van der Waals surface area (Å²) in [4.78, 5) is 0. The molecule has 0 aromatic heterocycles. The molecule has 1 fully saturated rings. The molecule has 0 aromatic rings. The highest BCUT2D eigenvalue weighted by molar-refractivity contribution is 5.14. The van der Waals surface area contributed by atoms with Gasteiger partial charge in [-0.2, -0.15) is 0 Å². The van der Waals surface area contributed by atoms with Crippen LogP contribution in [-0.2, 0) is 0 Å². The molecule has 3 unspecified atom stereocenters. The predicted molar refractivity (Wildman–Crippen MR) is 80.4 cm³/mol. The Kier molecular flexibility index (Phi) is 4.35. The van der Waals surface area contributed by atoms with Crippen LogP contribution in [0, 0.1) is 35.5 Å². The average molecular weight is 246 g/mol. The fraction of sp³-hybridized carbons (Fsp3) is 0.778. The summed E-state index contributed by atoms with van der Waals surface area (Å²) in [7, 11) is 0. The Morgan fingerprint density at radius 2 is 2.06 bits per heavy atom. The van der Waals surface area contributed by atoms with Crippen molar-refractivity contribution in [3.63, 3.8) is 0 Å². The largest absolute Gasteiger partial charge is 0.0885 e. The minimum Gasteiger partial charge on any atom is -0.0885 e. The van der Waals surface area contributed by atoms with Crippen LogP contribution < -0.4 is 0 Å². The highest BCUT2D eigenvalue weighted by Crippen LogP contribution is 2.53. The Labute approximate surface area is 114 Å². The number of rotatable bonds is 4. The Balaban J connectivity index is 2.10. The van der Waals surface area contributed by atoms with Crippen LogP contribution in [0.1, 0.15) is 53.9 Å². The minimum absolute atomic E-state index is 0.777. The Hall–Kier alpha value is -0.520. The molecule has 0 heterocycles. The standard InChI is InChI=1S/C18H30/c1-6-13(4)14(5)18-11-15(10-12(2)3)16-8-7-9-17(16)18/h6-8,12,14-18H,9-11H2,1-5H3/b13-6-/t14?,15-,16?,17?,18-/m1/s1. The van der Waals surface area contributed by atoms with Gasteiger partial charge in [-0.3, -0.25) is 0 Å². The van der Waals surface area contributed by atoms with Crippen molar-refractivity contribution in [1.29, 1.82) is 0 Å². The van der Waals surface area contributed by atoms with Gasteiger partial charge in [-0.15, -0.1) is 0 Å². The van der Waals surface area contributed by atoms with Crippen LogP contribution in [0.5, 0.6) is 0 Å². The topological polar surface area (TPSA) is 0 Å². The molecule has 0 amide bonds. The molecule has 2 aliphatic rings. The first-order valence-corrected chi connectivity index (χ1v) is 7.84. The summed E-state index contributed by atoms with van der Waals surface area (Å²) in [6.45, 7) is 11.7. The molecule has 2 aliphatic carbocycles. The molecular formula is C18H30. The van der Waals surface area contributed by atoms with Crippen LogP contribution >= 0.6 is 0 Å². The molecule has 5 atom stereocenters. The first kappa shape index (κ1) is 13.9. The molecular weight excluding hydrogens is 216 g/mol. The van der Waals surface area contributed by atoms with E-state index in [1.54, 1.807) is 5.57 Å². The molecule has 18 heavy (non-hydrogen) atoms. The maximum absolute atomic E-state index is 2.54. The van der Waals surface area contributed by atoms with Crippen molar-refractivity contribution < 1.29 is 0 Å². The molecule has 0 radical (unpaired) electrons. The molecule has 0 aromatic carbocycles. The van der Waals surface area contributed by atoms with Crippen LogP contribution in [0.3, 0.4) is 0 Å². The molecule has 0 saturated heterocycles. The molecule has 0 nitrogen and oxygen atoms in total.